The fourth-order valence-corrected chi connectivity index (χ4v) is 3.43. The van der Waals surface area contributed by atoms with Crippen LogP contribution in [0.25, 0.3) is 0 Å². The van der Waals surface area contributed by atoms with Gasteiger partial charge in [0.2, 0.25) is 5.91 Å². The fourth-order valence-electron chi connectivity index (χ4n) is 3.43. The Morgan fingerprint density at radius 3 is 2.25 bits per heavy atom. The topological polar surface area (TPSA) is 58.4 Å². The van der Waals surface area contributed by atoms with Crippen LogP contribution in [0, 0.1) is 5.92 Å². The Balaban J connectivity index is 0.00000196. The third kappa shape index (κ3) is 6.78. The Morgan fingerprint density at radius 2 is 1.64 bits per heavy atom. The van der Waals surface area contributed by atoms with E-state index in [-0.39, 0.29) is 42.7 Å². The number of hydrogen-bond acceptors (Lipinski definition) is 3. The largest absolute Gasteiger partial charge is 0.326 e. The van der Waals surface area contributed by atoms with Gasteiger partial charge in [0.1, 0.15) is 0 Å². The molecular formula is C22H31Cl2N3O. The molecule has 3 N–H and O–H groups in total. The molecule has 1 aliphatic heterocycles. The Hall–Kier alpha value is -1.59. The highest BCUT2D eigenvalue weighted by molar-refractivity contribution is 5.92. The first-order valence-corrected chi connectivity index (χ1v) is 9.56. The standard InChI is InChI=1S/C22H29N3O.2ClH/c1-17(21(23)19-7-3-2-4-8-19)22(26)24-20-11-9-18(10-12-20)13-16-25-14-5-6-15-25;;/h2-4,7-12,17,21H,5-6,13-16,23H2,1H3,(H,24,26);2*1H. The van der Waals surface area contributed by atoms with Crippen molar-refractivity contribution in [2.45, 2.75) is 32.2 Å². The molecule has 28 heavy (non-hydrogen) atoms. The molecule has 0 saturated carbocycles. The first-order valence-electron chi connectivity index (χ1n) is 9.56. The highest BCUT2D eigenvalue weighted by Crippen LogP contribution is 2.21. The number of nitrogens with zero attached hydrogens (tertiary/aromatic N) is 1. The summed E-state index contributed by atoms with van der Waals surface area (Å²) in [6.45, 7) is 5.45. The summed E-state index contributed by atoms with van der Waals surface area (Å²) >= 11 is 0. The number of carbonyl (C=O) groups excluding carboxylic acids is 1. The molecule has 3 rings (SSSR count). The zero-order valence-electron chi connectivity index (χ0n) is 16.3. The third-order valence-corrected chi connectivity index (χ3v) is 5.27. The van der Waals surface area contributed by atoms with Crippen molar-refractivity contribution in [3.63, 3.8) is 0 Å². The van der Waals surface area contributed by atoms with Gasteiger partial charge in [-0.1, -0.05) is 49.4 Å². The molecule has 1 fully saturated rings. The number of hydrogen-bond donors (Lipinski definition) is 2. The minimum Gasteiger partial charge on any atom is -0.326 e. The molecule has 4 nitrogen and oxygen atoms in total. The van der Waals surface area contributed by atoms with Crippen LogP contribution in [0.2, 0.25) is 0 Å². The highest BCUT2D eigenvalue weighted by Gasteiger charge is 2.22. The van der Waals surface area contributed by atoms with Gasteiger partial charge < -0.3 is 16.0 Å². The molecule has 154 valence electrons. The summed E-state index contributed by atoms with van der Waals surface area (Å²) in [7, 11) is 0. The van der Waals surface area contributed by atoms with Gasteiger partial charge >= 0.3 is 0 Å². The van der Waals surface area contributed by atoms with Crippen LogP contribution < -0.4 is 11.1 Å². The number of likely N-dealkylation sites (tertiary alicyclic amines) is 1. The molecule has 1 amide bonds. The zero-order valence-corrected chi connectivity index (χ0v) is 18.0. The molecule has 0 aromatic heterocycles. The Bertz CT molecular complexity index is 703. The molecule has 0 aliphatic carbocycles. The van der Waals surface area contributed by atoms with Gasteiger partial charge in [0.25, 0.3) is 0 Å². The van der Waals surface area contributed by atoms with Crippen LogP contribution >= 0.6 is 24.8 Å². The van der Waals surface area contributed by atoms with Crippen LogP contribution in [0.3, 0.4) is 0 Å². The van der Waals surface area contributed by atoms with Gasteiger partial charge in [-0.05, 0) is 55.6 Å². The van der Waals surface area contributed by atoms with Crippen LogP contribution in [-0.2, 0) is 11.2 Å². The lowest BCUT2D eigenvalue weighted by molar-refractivity contribution is -0.120. The summed E-state index contributed by atoms with van der Waals surface area (Å²) in [5.41, 5.74) is 9.37. The van der Waals surface area contributed by atoms with Gasteiger partial charge in [0, 0.05) is 18.3 Å². The van der Waals surface area contributed by atoms with E-state index in [2.05, 4.69) is 22.3 Å². The second-order valence-corrected chi connectivity index (χ2v) is 7.21. The minimum atomic E-state index is -0.309. The van der Waals surface area contributed by atoms with E-state index in [1.54, 1.807) is 0 Å². The third-order valence-electron chi connectivity index (χ3n) is 5.27. The van der Waals surface area contributed by atoms with Crippen molar-refractivity contribution in [2.24, 2.45) is 11.7 Å². The van der Waals surface area contributed by atoms with Gasteiger partial charge in [-0.25, -0.2) is 0 Å². The van der Waals surface area contributed by atoms with Crippen molar-refractivity contribution in [1.82, 2.24) is 4.90 Å². The minimum absolute atomic E-state index is 0. The molecule has 2 aromatic rings. The van der Waals surface area contributed by atoms with Crippen LogP contribution in [0.4, 0.5) is 5.69 Å². The number of nitrogens with one attached hydrogen (secondary N) is 1. The summed E-state index contributed by atoms with van der Waals surface area (Å²) in [5.74, 6) is -0.349. The summed E-state index contributed by atoms with van der Waals surface area (Å²) in [4.78, 5) is 15.0. The number of halogens is 2. The lowest BCUT2D eigenvalue weighted by Gasteiger charge is -2.20. The van der Waals surface area contributed by atoms with E-state index < -0.39 is 0 Å². The summed E-state index contributed by atoms with van der Waals surface area (Å²) in [5, 5.41) is 2.99. The van der Waals surface area contributed by atoms with Crippen molar-refractivity contribution in [1.29, 1.82) is 0 Å². The zero-order chi connectivity index (χ0) is 18.4. The van der Waals surface area contributed by atoms with E-state index in [0.717, 1.165) is 24.2 Å². The smallest absolute Gasteiger partial charge is 0.229 e. The van der Waals surface area contributed by atoms with E-state index in [0.29, 0.717) is 0 Å². The molecule has 1 heterocycles. The lowest BCUT2D eigenvalue weighted by atomic mass is 9.94. The van der Waals surface area contributed by atoms with Crippen molar-refractivity contribution in [3.05, 3.63) is 65.7 Å². The number of carbonyl (C=O) groups is 1. The van der Waals surface area contributed by atoms with Gasteiger partial charge in [0.15, 0.2) is 0 Å². The van der Waals surface area contributed by atoms with E-state index in [1.807, 2.05) is 49.4 Å². The van der Waals surface area contributed by atoms with Crippen LogP contribution in [0.15, 0.2) is 54.6 Å². The number of rotatable bonds is 7. The molecule has 0 spiro atoms. The fraction of sp³-hybridized carbons (Fsp3) is 0.409. The lowest BCUT2D eigenvalue weighted by Crippen LogP contribution is -2.30. The van der Waals surface area contributed by atoms with E-state index >= 15 is 0 Å². The second-order valence-electron chi connectivity index (χ2n) is 7.21. The Labute approximate surface area is 180 Å². The molecule has 2 atom stereocenters. The van der Waals surface area contributed by atoms with Gasteiger partial charge in [0.05, 0.1) is 5.92 Å². The predicted molar refractivity (Wildman–Crippen MR) is 121 cm³/mol. The van der Waals surface area contributed by atoms with Crippen molar-refractivity contribution < 1.29 is 4.79 Å². The normalized spacial score (nSPS) is 15.8. The molecular weight excluding hydrogens is 393 g/mol. The molecule has 0 bridgehead atoms. The predicted octanol–water partition coefficient (Wildman–Crippen LogP) is 4.44. The van der Waals surface area contributed by atoms with Crippen LogP contribution in [-0.4, -0.2) is 30.4 Å². The van der Waals surface area contributed by atoms with Crippen LogP contribution in [0.5, 0.6) is 0 Å². The van der Waals surface area contributed by atoms with Crippen LogP contribution in [0.1, 0.15) is 36.9 Å². The molecule has 1 aliphatic rings. The summed E-state index contributed by atoms with van der Waals surface area (Å²) in [6.07, 6.45) is 3.71. The SMILES string of the molecule is CC(C(=O)Nc1ccc(CCN2CCCC2)cc1)C(N)c1ccccc1.Cl.Cl. The monoisotopic (exact) mass is 423 g/mol. The number of benzene rings is 2. The second kappa shape index (κ2) is 12.1. The van der Waals surface area contributed by atoms with E-state index in [9.17, 15) is 4.79 Å². The molecule has 0 radical (unpaired) electrons. The van der Waals surface area contributed by atoms with Crippen molar-refractivity contribution in [3.8, 4) is 0 Å². The van der Waals surface area contributed by atoms with Crippen molar-refractivity contribution in [2.75, 3.05) is 25.0 Å². The molecule has 2 aromatic carbocycles. The maximum atomic E-state index is 12.5. The highest BCUT2D eigenvalue weighted by atomic mass is 35.5. The molecule has 1 saturated heterocycles. The maximum absolute atomic E-state index is 12.5. The summed E-state index contributed by atoms with van der Waals surface area (Å²) < 4.78 is 0. The molecule has 6 heteroatoms. The van der Waals surface area contributed by atoms with Gasteiger partial charge in [-0.2, -0.15) is 0 Å². The molecule has 2 unspecified atom stereocenters. The number of amides is 1. The Morgan fingerprint density at radius 1 is 1.04 bits per heavy atom. The maximum Gasteiger partial charge on any atom is 0.229 e. The first-order chi connectivity index (χ1) is 12.6. The quantitative estimate of drug-likeness (QED) is 0.691. The van der Waals surface area contributed by atoms with E-state index in [1.165, 1.54) is 31.5 Å². The van der Waals surface area contributed by atoms with Crippen molar-refractivity contribution >= 4 is 36.4 Å². The summed E-state index contributed by atoms with van der Waals surface area (Å²) in [6, 6.07) is 17.6. The number of nitrogens with two attached hydrogens (primary N) is 1. The Kier molecular flexibility index (Phi) is 10.5. The first kappa shape index (κ1) is 24.4. The average Bonchev–Trinajstić information content (AvgIpc) is 3.20. The van der Waals surface area contributed by atoms with Gasteiger partial charge in [-0.15, -0.1) is 24.8 Å². The number of anilines is 1. The van der Waals surface area contributed by atoms with Gasteiger partial charge in [-0.3, -0.25) is 4.79 Å². The van der Waals surface area contributed by atoms with E-state index in [4.69, 9.17) is 5.73 Å². The average molecular weight is 424 g/mol.